The van der Waals surface area contributed by atoms with Gasteiger partial charge in [-0.3, -0.25) is 0 Å². The molecule has 0 unspecified atom stereocenters. The molecule has 1 saturated carbocycles. The van der Waals surface area contributed by atoms with E-state index in [0.29, 0.717) is 5.56 Å². The van der Waals surface area contributed by atoms with E-state index in [1.54, 1.807) is 0 Å². The van der Waals surface area contributed by atoms with Crippen LogP contribution >= 0.6 is 0 Å². The summed E-state index contributed by atoms with van der Waals surface area (Å²) in [6.45, 7) is 0. The van der Waals surface area contributed by atoms with Crippen LogP contribution in [-0.2, 0) is 11.1 Å². The van der Waals surface area contributed by atoms with E-state index >= 15 is 0 Å². The molecule has 0 radical (unpaired) electrons. The monoisotopic (exact) mass is 341 g/mol. The Labute approximate surface area is 135 Å². The number of nitrogens with one attached hydrogen (secondary N) is 1. The standard InChI is InChI=1S/C17H15F4NO2/c18-17(19,20)13-8-4-3-7-11(13)15-12(10-5-1-2-6-10)9-14(22-15)16(23)24-21/h3-4,7-10,22H,1-2,5-6H2. The van der Waals surface area contributed by atoms with Crippen LogP contribution in [0.4, 0.5) is 17.7 Å². The Kier molecular flexibility index (Phi) is 4.34. The number of rotatable bonds is 3. The summed E-state index contributed by atoms with van der Waals surface area (Å²) >= 11 is 0. The second-order valence-electron chi connectivity index (χ2n) is 5.90. The lowest BCUT2D eigenvalue weighted by Gasteiger charge is -2.15. The highest BCUT2D eigenvalue weighted by Crippen LogP contribution is 2.43. The summed E-state index contributed by atoms with van der Waals surface area (Å²) in [4.78, 5) is 17.3. The van der Waals surface area contributed by atoms with Crippen LogP contribution in [0.25, 0.3) is 11.3 Å². The minimum Gasteiger partial charge on any atom is -0.349 e. The number of aromatic amines is 1. The van der Waals surface area contributed by atoms with Gasteiger partial charge in [0.2, 0.25) is 0 Å². The van der Waals surface area contributed by atoms with Gasteiger partial charge in [-0.1, -0.05) is 31.0 Å². The number of carbonyl (C=O) groups excluding carboxylic acids is 1. The molecule has 1 aliphatic rings. The third-order valence-electron chi connectivity index (χ3n) is 4.43. The Hall–Kier alpha value is -2.31. The minimum absolute atomic E-state index is 0.0405. The first-order chi connectivity index (χ1) is 11.4. The maximum atomic E-state index is 13.3. The third-order valence-corrected chi connectivity index (χ3v) is 4.43. The van der Waals surface area contributed by atoms with Crippen LogP contribution < -0.4 is 0 Å². The summed E-state index contributed by atoms with van der Waals surface area (Å²) in [6, 6.07) is 6.54. The molecule has 1 aromatic carbocycles. The number of carbonyl (C=O) groups is 1. The molecular weight excluding hydrogens is 326 g/mol. The van der Waals surface area contributed by atoms with Crippen molar-refractivity contribution in [1.82, 2.24) is 4.98 Å². The summed E-state index contributed by atoms with van der Waals surface area (Å²) in [6.07, 6.45) is -0.945. The number of hydrogen-bond acceptors (Lipinski definition) is 2. The third kappa shape index (κ3) is 3.02. The molecule has 0 spiro atoms. The fourth-order valence-corrected chi connectivity index (χ4v) is 3.35. The molecule has 1 N–H and O–H groups in total. The first-order valence-corrected chi connectivity index (χ1v) is 7.64. The highest BCUT2D eigenvalue weighted by atomic mass is 19.4. The molecule has 1 heterocycles. The number of hydrogen-bond donors (Lipinski definition) is 1. The van der Waals surface area contributed by atoms with Crippen molar-refractivity contribution >= 4 is 5.97 Å². The molecule has 0 aliphatic heterocycles. The second kappa shape index (κ2) is 6.30. The lowest BCUT2D eigenvalue weighted by molar-refractivity contribution is -0.137. The Balaban J connectivity index is 2.16. The molecule has 3 rings (SSSR count). The van der Waals surface area contributed by atoms with E-state index in [0.717, 1.165) is 31.7 Å². The first-order valence-electron chi connectivity index (χ1n) is 7.64. The average Bonchev–Trinajstić information content (AvgIpc) is 3.22. The smallest absolute Gasteiger partial charge is 0.349 e. The topological polar surface area (TPSA) is 42.1 Å². The maximum absolute atomic E-state index is 13.3. The van der Waals surface area contributed by atoms with Crippen LogP contribution in [0.3, 0.4) is 0 Å². The predicted molar refractivity (Wildman–Crippen MR) is 79.0 cm³/mol. The largest absolute Gasteiger partial charge is 0.417 e. The van der Waals surface area contributed by atoms with E-state index in [9.17, 15) is 22.5 Å². The van der Waals surface area contributed by atoms with E-state index in [-0.39, 0.29) is 22.9 Å². The number of aromatic nitrogens is 1. The summed E-state index contributed by atoms with van der Waals surface area (Å²) in [5, 5.41) is 0. The van der Waals surface area contributed by atoms with Gasteiger partial charge in [0.05, 0.1) is 11.3 Å². The summed E-state index contributed by atoms with van der Waals surface area (Å²) in [5.74, 6) is -1.20. The highest BCUT2D eigenvalue weighted by Gasteiger charge is 2.35. The normalized spacial score (nSPS) is 15.7. The van der Waals surface area contributed by atoms with Crippen molar-refractivity contribution < 1.29 is 27.4 Å². The molecule has 24 heavy (non-hydrogen) atoms. The first kappa shape index (κ1) is 16.5. The van der Waals surface area contributed by atoms with Crippen molar-refractivity contribution in [3.63, 3.8) is 0 Å². The van der Waals surface area contributed by atoms with Gasteiger partial charge >= 0.3 is 12.1 Å². The molecule has 1 fully saturated rings. The Morgan fingerprint density at radius 2 is 1.83 bits per heavy atom. The molecule has 0 bridgehead atoms. The van der Waals surface area contributed by atoms with Crippen LogP contribution in [0.1, 0.15) is 53.2 Å². The Morgan fingerprint density at radius 3 is 2.46 bits per heavy atom. The van der Waals surface area contributed by atoms with E-state index in [1.807, 2.05) is 0 Å². The predicted octanol–water partition coefficient (Wildman–Crippen LogP) is 5.40. The lowest BCUT2D eigenvalue weighted by Crippen LogP contribution is -2.08. The van der Waals surface area contributed by atoms with Crippen molar-refractivity contribution in [3.05, 3.63) is 47.2 Å². The van der Waals surface area contributed by atoms with Crippen molar-refractivity contribution in [1.29, 1.82) is 0 Å². The molecule has 128 valence electrons. The summed E-state index contributed by atoms with van der Waals surface area (Å²) in [5.41, 5.74) is -0.234. The molecule has 1 aliphatic carbocycles. The average molecular weight is 341 g/mol. The molecule has 1 aromatic heterocycles. The van der Waals surface area contributed by atoms with Crippen LogP contribution in [0.15, 0.2) is 30.3 Å². The fourth-order valence-electron chi connectivity index (χ4n) is 3.35. The lowest BCUT2D eigenvalue weighted by atomic mass is 9.93. The molecule has 0 saturated heterocycles. The molecule has 3 nitrogen and oxygen atoms in total. The Bertz CT molecular complexity index is 745. The highest BCUT2D eigenvalue weighted by molar-refractivity contribution is 5.89. The minimum atomic E-state index is -4.53. The van der Waals surface area contributed by atoms with E-state index in [2.05, 4.69) is 9.93 Å². The van der Waals surface area contributed by atoms with Gasteiger partial charge in [0, 0.05) is 10.1 Å². The van der Waals surface area contributed by atoms with Crippen molar-refractivity contribution in [2.45, 2.75) is 37.8 Å². The zero-order valence-electron chi connectivity index (χ0n) is 12.6. The van der Waals surface area contributed by atoms with Gasteiger partial charge in [-0.05, 0) is 36.5 Å². The van der Waals surface area contributed by atoms with Gasteiger partial charge in [-0.25, -0.2) is 9.74 Å². The van der Waals surface area contributed by atoms with Gasteiger partial charge in [0.1, 0.15) is 5.69 Å². The number of benzene rings is 1. The second-order valence-corrected chi connectivity index (χ2v) is 5.90. The SMILES string of the molecule is O=C(OF)c1cc(C2CCCC2)c(-c2ccccc2C(F)(F)F)[nH]1. The number of alkyl halides is 3. The molecule has 7 heteroatoms. The van der Waals surface area contributed by atoms with E-state index in [1.165, 1.54) is 24.3 Å². The quantitative estimate of drug-likeness (QED) is 0.760. The molecule has 0 amide bonds. The van der Waals surface area contributed by atoms with Crippen LogP contribution in [-0.4, -0.2) is 11.0 Å². The zero-order valence-corrected chi connectivity index (χ0v) is 12.6. The van der Waals surface area contributed by atoms with Gasteiger partial charge < -0.3 is 4.98 Å². The molecular formula is C17H15F4NO2. The van der Waals surface area contributed by atoms with E-state index in [4.69, 9.17) is 0 Å². The molecule has 0 atom stereocenters. The van der Waals surface area contributed by atoms with Gasteiger partial charge in [0.25, 0.3) is 0 Å². The Morgan fingerprint density at radius 1 is 1.17 bits per heavy atom. The maximum Gasteiger partial charge on any atom is 0.417 e. The number of halogens is 4. The van der Waals surface area contributed by atoms with Crippen LogP contribution in [0.5, 0.6) is 0 Å². The van der Waals surface area contributed by atoms with Crippen molar-refractivity contribution in [2.24, 2.45) is 0 Å². The fraction of sp³-hybridized carbons (Fsp3) is 0.353. The van der Waals surface area contributed by atoms with Crippen molar-refractivity contribution in [3.8, 4) is 11.3 Å². The summed E-state index contributed by atoms with van der Waals surface area (Å²) < 4.78 is 52.1. The van der Waals surface area contributed by atoms with Gasteiger partial charge in [-0.2, -0.15) is 13.2 Å². The van der Waals surface area contributed by atoms with Gasteiger partial charge in [-0.15, -0.1) is 0 Å². The zero-order chi connectivity index (χ0) is 17.3. The number of H-pyrrole nitrogens is 1. The van der Waals surface area contributed by atoms with Gasteiger partial charge in [0.15, 0.2) is 0 Å². The van der Waals surface area contributed by atoms with E-state index < -0.39 is 17.7 Å². The van der Waals surface area contributed by atoms with Crippen LogP contribution in [0, 0.1) is 0 Å². The van der Waals surface area contributed by atoms with Crippen LogP contribution in [0.2, 0.25) is 0 Å². The molecule has 2 aromatic rings. The summed E-state index contributed by atoms with van der Waals surface area (Å²) in [7, 11) is 0. The van der Waals surface area contributed by atoms with Crippen molar-refractivity contribution in [2.75, 3.05) is 0 Å².